The minimum atomic E-state index is -0.127. The molecule has 1 atom stereocenters. The summed E-state index contributed by atoms with van der Waals surface area (Å²) in [6.45, 7) is 0.893. The van der Waals surface area contributed by atoms with Crippen LogP contribution in [-0.4, -0.2) is 21.9 Å². The van der Waals surface area contributed by atoms with Crippen molar-refractivity contribution in [3.8, 4) is 17.2 Å². The summed E-state index contributed by atoms with van der Waals surface area (Å²) in [6, 6.07) is 2.48. The van der Waals surface area contributed by atoms with E-state index >= 15 is 0 Å². The highest BCUT2D eigenvalue weighted by atomic mass is 35.5. The Morgan fingerprint density at radius 1 is 1.14 bits per heavy atom. The van der Waals surface area contributed by atoms with E-state index in [9.17, 15) is 10.2 Å². The van der Waals surface area contributed by atoms with Gasteiger partial charge in [0, 0.05) is 18.2 Å². The van der Waals surface area contributed by atoms with E-state index in [-0.39, 0.29) is 35.7 Å². The fourth-order valence-corrected chi connectivity index (χ4v) is 1.50. The van der Waals surface area contributed by atoms with Gasteiger partial charge in [-0.2, -0.15) is 0 Å². The summed E-state index contributed by atoms with van der Waals surface area (Å²) >= 11 is 0. The van der Waals surface area contributed by atoms with Crippen LogP contribution in [0.2, 0.25) is 0 Å². The molecule has 0 unspecified atom stereocenters. The Hall–Kier alpha value is -1.13. The monoisotopic (exact) mass is 217 g/mol. The molecule has 0 aromatic heterocycles. The van der Waals surface area contributed by atoms with Crippen molar-refractivity contribution >= 4 is 12.4 Å². The fourth-order valence-electron chi connectivity index (χ4n) is 1.50. The molecule has 1 aliphatic rings. The lowest BCUT2D eigenvalue weighted by Gasteiger charge is -2.29. The molecule has 1 fully saturated rings. The van der Waals surface area contributed by atoms with Crippen LogP contribution in [0.15, 0.2) is 12.1 Å². The highest BCUT2D eigenvalue weighted by molar-refractivity contribution is 5.85. The number of rotatable bonds is 1. The molecule has 0 saturated carbocycles. The zero-order valence-corrected chi connectivity index (χ0v) is 8.21. The summed E-state index contributed by atoms with van der Waals surface area (Å²) in [5, 5.41) is 31.0. The van der Waals surface area contributed by atoms with Gasteiger partial charge in [0.15, 0.2) is 0 Å². The number of aromatic hydroxyl groups is 3. The molecule has 5 heteroatoms. The topological polar surface area (TPSA) is 72.7 Å². The molecular formula is C9H12ClNO3. The molecular weight excluding hydrogens is 206 g/mol. The van der Waals surface area contributed by atoms with Crippen LogP contribution < -0.4 is 5.32 Å². The summed E-state index contributed by atoms with van der Waals surface area (Å²) < 4.78 is 0. The number of hydrogen-bond acceptors (Lipinski definition) is 4. The Labute approximate surface area is 87.6 Å². The number of nitrogens with one attached hydrogen (secondary N) is 1. The van der Waals surface area contributed by atoms with Gasteiger partial charge in [0.1, 0.15) is 17.2 Å². The van der Waals surface area contributed by atoms with Gasteiger partial charge in [-0.25, -0.2) is 0 Å². The predicted octanol–water partition coefficient (Wildman–Crippen LogP) is 1.26. The fraction of sp³-hybridized carbons (Fsp3) is 0.333. The third-order valence-electron chi connectivity index (χ3n) is 2.29. The maximum atomic E-state index is 9.45. The van der Waals surface area contributed by atoms with Crippen molar-refractivity contribution in [2.24, 2.45) is 0 Å². The van der Waals surface area contributed by atoms with Gasteiger partial charge in [-0.1, -0.05) is 0 Å². The van der Waals surface area contributed by atoms with Crippen molar-refractivity contribution in [2.45, 2.75) is 12.5 Å². The minimum absolute atomic E-state index is 0. The first-order chi connectivity index (χ1) is 6.18. The van der Waals surface area contributed by atoms with Gasteiger partial charge in [-0.3, -0.25) is 0 Å². The van der Waals surface area contributed by atoms with Gasteiger partial charge in [0.25, 0.3) is 0 Å². The summed E-state index contributed by atoms with van der Waals surface area (Å²) in [6.07, 6.45) is 0.895. The van der Waals surface area contributed by atoms with E-state index in [1.165, 1.54) is 12.1 Å². The van der Waals surface area contributed by atoms with Crippen molar-refractivity contribution in [2.75, 3.05) is 6.54 Å². The van der Waals surface area contributed by atoms with Crippen molar-refractivity contribution in [3.63, 3.8) is 0 Å². The van der Waals surface area contributed by atoms with Gasteiger partial charge < -0.3 is 20.6 Å². The van der Waals surface area contributed by atoms with E-state index < -0.39 is 0 Å². The molecule has 1 aromatic rings. The van der Waals surface area contributed by atoms with E-state index in [0.717, 1.165) is 13.0 Å². The van der Waals surface area contributed by atoms with Crippen LogP contribution in [0.1, 0.15) is 18.0 Å². The molecule has 1 heterocycles. The highest BCUT2D eigenvalue weighted by Gasteiger charge is 2.25. The Kier molecular flexibility index (Phi) is 3.08. The third kappa shape index (κ3) is 1.71. The van der Waals surface area contributed by atoms with Crippen molar-refractivity contribution in [1.29, 1.82) is 0 Å². The van der Waals surface area contributed by atoms with E-state index in [1.807, 2.05) is 0 Å². The average Bonchev–Trinajstić information content (AvgIpc) is 1.92. The summed E-state index contributed by atoms with van der Waals surface area (Å²) in [5.41, 5.74) is 0.476. The van der Waals surface area contributed by atoms with E-state index in [1.54, 1.807) is 0 Å². The maximum Gasteiger partial charge on any atom is 0.127 e. The molecule has 0 aliphatic carbocycles. The number of hydrogen-bond donors (Lipinski definition) is 4. The summed E-state index contributed by atoms with van der Waals surface area (Å²) in [5.74, 6) is -0.248. The molecule has 0 bridgehead atoms. The maximum absolute atomic E-state index is 9.45. The van der Waals surface area contributed by atoms with Gasteiger partial charge in [0.05, 0.1) is 5.56 Å². The Morgan fingerprint density at radius 3 is 2.00 bits per heavy atom. The van der Waals surface area contributed by atoms with Crippen molar-refractivity contribution in [3.05, 3.63) is 17.7 Å². The second-order valence-corrected chi connectivity index (χ2v) is 3.19. The van der Waals surface area contributed by atoms with Crippen LogP contribution >= 0.6 is 12.4 Å². The molecule has 78 valence electrons. The molecule has 4 N–H and O–H groups in total. The Balaban J connectivity index is 0.000000980. The van der Waals surface area contributed by atoms with Crippen LogP contribution in [0, 0.1) is 0 Å². The number of benzene rings is 1. The standard InChI is InChI=1S/C9H11NO3.ClH/c11-5-3-7(12)9(8(13)4-5)6-1-2-10-6;/h3-4,6,10-13H,1-2H2;1H/t6-;/m0./s1. The smallest absolute Gasteiger partial charge is 0.127 e. The first kappa shape index (κ1) is 10.9. The SMILES string of the molecule is Cl.Oc1cc(O)c([C@@H]2CCN2)c(O)c1. The van der Waals surface area contributed by atoms with Crippen molar-refractivity contribution < 1.29 is 15.3 Å². The van der Waals surface area contributed by atoms with Gasteiger partial charge in [-0.15, -0.1) is 12.4 Å². The predicted molar refractivity (Wildman–Crippen MR) is 54.0 cm³/mol. The highest BCUT2D eigenvalue weighted by Crippen LogP contribution is 2.39. The summed E-state index contributed by atoms with van der Waals surface area (Å²) in [7, 11) is 0. The third-order valence-corrected chi connectivity index (χ3v) is 2.29. The first-order valence-electron chi connectivity index (χ1n) is 4.16. The van der Waals surface area contributed by atoms with Crippen LogP contribution in [0.3, 0.4) is 0 Å². The van der Waals surface area contributed by atoms with E-state index in [2.05, 4.69) is 5.32 Å². The van der Waals surface area contributed by atoms with Crippen molar-refractivity contribution in [1.82, 2.24) is 5.32 Å². The molecule has 0 radical (unpaired) electrons. The lowest BCUT2D eigenvalue weighted by molar-refractivity contribution is 0.343. The lowest BCUT2D eigenvalue weighted by atomic mass is 9.96. The molecule has 0 spiro atoms. The Bertz CT molecular complexity index is 316. The van der Waals surface area contributed by atoms with Gasteiger partial charge in [0.2, 0.25) is 0 Å². The molecule has 1 saturated heterocycles. The average molecular weight is 218 g/mol. The van der Waals surface area contributed by atoms with Crippen LogP contribution in [0.25, 0.3) is 0 Å². The van der Waals surface area contributed by atoms with Crippen LogP contribution in [0.5, 0.6) is 17.2 Å². The van der Waals surface area contributed by atoms with E-state index in [0.29, 0.717) is 5.56 Å². The normalized spacial score (nSPS) is 19.6. The second kappa shape index (κ2) is 3.94. The molecule has 1 aliphatic heterocycles. The van der Waals surface area contributed by atoms with Crippen LogP contribution in [-0.2, 0) is 0 Å². The number of phenolic OH excluding ortho intramolecular Hbond substituents is 3. The lowest BCUT2D eigenvalue weighted by Crippen LogP contribution is -2.34. The van der Waals surface area contributed by atoms with Crippen LogP contribution in [0.4, 0.5) is 0 Å². The van der Waals surface area contributed by atoms with Gasteiger partial charge >= 0.3 is 0 Å². The molecule has 1 aromatic carbocycles. The van der Waals surface area contributed by atoms with Gasteiger partial charge in [-0.05, 0) is 13.0 Å². The number of halogens is 1. The molecule has 0 amide bonds. The quantitative estimate of drug-likeness (QED) is 0.572. The largest absolute Gasteiger partial charge is 0.508 e. The zero-order valence-electron chi connectivity index (χ0n) is 7.40. The first-order valence-corrected chi connectivity index (χ1v) is 4.16. The minimum Gasteiger partial charge on any atom is -0.508 e. The molecule has 4 nitrogen and oxygen atoms in total. The second-order valence-electron chi connectivity index (χ2n) is 3.19. The molecule has 2 rings (SSSR count). The summed E-state index contributed by atoms with van der Waals surface area (Å²) in [4.78, 5) is 0. The van der Waals surface area contributed by atoms with E-state index in [4.69, 9.17) is 5.11 Å². The molecule has 14 heavy (non-hydrogen) atoms. The number of phenols is 3. The Morgan fingerprint density at radius 2 is 1.64 bits per heavy atom. The zero-order chi connectivity index (χ0) is 9.42.